The molecular weight excluding hydrogens is 227 g/mol. The first-order valence-corrected chi connectivity index (χ1v) is 4.27. The minimum Gasteiger partial charge on any atom is -0.324 e. The minimum absolute atomic E-state index is 0. The monoisotopic (exact) mass is 239 g/mol. The molecule has 86 valence electrons. The molecule has 0 aromatic heterocycles. The van der Waals surface area contributed by atoms with Crippen LogP contribution in [0.5, 0.6) is 0 Å². The molecule has 1 aromatic carbocycles. The zero-order valence-corrected chi connectivity index (χ0v) is 9.03. The topological polar surface area (TPSA) is 26.0 Å². The molecule has 15 heavy (non-hydrogen) atoms. The van der Waals surface area contributed by atoms with Gasteiger partial charge in [0.15, 0.2) is 0 Å². The van der Waals surface area contributed by atoms with Crippen LogP contribution in [0.4, 0.5) is 13.2 Å². The second-order valence-electron chi connectivity index (χ2n) is 3.34. The third kappa shape index (κ3) is 5.04. The third-order valence-electron chi connectivity index (χ3n) is 1.92. The van der Waals surface area contributed by atoms with Crippen molar-refractivity contribution in [3.8, 4) is 0 Å². The van der Waals surface area contributed by atoms with Gasteiger partial charge >= 0.3 is 6.18 Å². The smallest absolute Gasteiger partial charge is 0.324 e. The summed E-state index contributed by atoms with van der Waals surface area (Å²) in [7, 11) is 0. The number of alkyl halides is 3. The molecule has 0 aliphatic heterocycles. The van der Waals surface area contributed by atoms with Gasteiger partial charge in [0, 0.05) is 6.04 Å². The molecule has 0 fully saturated rings. The predicted octanol–water partition coefficient (Wildman–Crippen LogP) is 3.37. The Labute approximate surface area is 92.9 Å². The van der Waals surface area contributed by atoms with Gasteiger partial charge in [-0.15, -0.1) is 12.4 Å². The van der Waals surface area contributed by atoms with E-state index in [4.69, 9.17) is 5.73 Å². The van der Waals surface area contributed by atoms with Gasteiger partial charge in [-0.25, -0.2) is 0 Å². The van der Waals surface area contributed by atoms with Crippen molar-refractivity contribution in [1.82, 2.24) is 0 Å². The molecule has 1 rings (SSSR count). The van der Waals surface area contributed by atoms with E-state index in [-0.39, 0.29) is 12.4 Å². The lowest BCUT2D eigenvalue weighted by Gasteiger charge is -2.14. The number of hydrogen-bond acceptors (Lipinski definition) is 1. The molecule has 0 radical (unpaired) electrons. The van der Waals surface area contributed by atoms with Gasteiger partial charge in [-0.1, -0.05) is 29.8 Å². The van der Waals surface area contributed by atoms with E-state index in [1.54, 1.807) is 18.2 Å². The molecular formula is C10H13ClF3N. The van der Waals surface area contributed by atoms with Crippen molar-refractivity contribution in [2.75, 3.05) is 0 Å². The summed E-state index contributed by atoms with van der Waals surface area (Å²) in [5.41, 5.74) is 6.88. The second-order valence-corrected chi connectivity index (χ2v) is 3.34. The highest BCUT2D eigenvalue weighted by atomic mass is 35.5. The van der Waals surface area contributed by atoms with Gasteiger partial charge in [-0.3, -0.25) is 0 Å². The largest absolute Gasteiger partial charge is 0.390 e. The summed E-state index contributed by atoms with van der Waals surface area (Å²) in [4.78, 5) is 0. The van der Waals surface area contributed by atoms with Crippen LogP contribution < -0.4 is 5.73 Å². The summed E-state index contributed by atoms with van der Waals surface area (Å²) in [6.07, 6.45) is -5.18. The fourth-order valence-corrected chi connectivity index (χ4v) is 1.27. The summed E-state index contributed by atoms with van der Waals surface area (Å²) in [5, 5.41) is 0. The van der Waals surface area contributed by atoms with Gasteiger partial charge in [0.1, 0.15) is 0 Å². The van der Waals surface area contributed by atoms with Crippen LogP contribution in [0.1, 0.15) is 23.6 Å². The van der Waals surface area contributed by atoms with Gasteiger partial charge in [-0.05, 0) is 12.5 Å². The van der Waals surface area contributed by atoms with Crippen LogP contribution in [0.3, 0.4) is 0 Å². The van der Waals surface area contributed by atoms with Crippen LogP contribution in [-0.2, 0) is 0 Å². The molecule has 0 amide bonds. The van der Waals surface area contributed by atoms with Crippen LogP contribution in [-0.4, -0.2) is 6.18 Å². The summed E-state index contributed by atoms with van der Waals surface area (Å²) >= 11 is 0. The Morgan fingerprint density at radius 2 is 1.93 bits per heavy atom. The highest BCUT2D eigenvalue weighted by molar-refractivity contribution is 5.85. The van der Waals surface area contributed by atoms with Crippen molar-refractivity contribution in [1.29, 1.82) is 0 Å². The molecule has 0 saturated carbocycles. The van der Waals surface area contributed by atoms with Gasteiger partial charge in [-0.2, -0.15) is 13.2 Å². The zero-order valence-electron chi connectivity index (χ0n) is 8.21. The van der Waals surface area contributed by atoms with Crippen molar-refractivity contribution in [2.45, 2.75) is 25.6 Å². The van der Waals surface area contributed by atoms with Gasteiger partial charge in [0.05, 0.1) is 6.42 Å². The van der Waals surface area contributed by atoms with E-state index in [1.165, 1.54) is 0 Å². The van der Waals surface area contributed by atoms with Crippen molar-refractivity contribution in [3.63, 3.8) is 0 Å². The van der Waals surface area contributed by atoms with Gasteiger partial charge in [0.2, 0.25) is 0 Å². The van der Waals surface area contributed by atoms with Gasteiger partial charge in [0.25, 0.3) is 0 Å². The number of hydrogen-bond donors (Lipinski definition) is 1. The molecule has 1 aromatic rings. The Bertz CT molecular complexity index is 312. The quantitative estimate of drug-likeness (QED) is 0.841. The number of aryl methyl sites for hydroxylation is 1. The lowest BCUT2D eigenvalue weighted by Crippen LogP contribution is -2.20. The zero-order chi connectivity index (χ0) is 10.8. The maximum Gasteiger partial charge on any atom is 0.390 e. The van der Waals surface area contributed by atoms with E-state index < -0.39 is 18.6 Å². The maximum atomic E-state index is 12.0. The predicted molar refractivity (Wildman–Crippen MR) is 56.0 cm³/mol. The standard InChI is InChI=1S/C10H12F3N.ClH/c1-7-3-2-4-8(5-7)9(14)6-10(11,12)13;/h2-5,9H,6,14H2,1H3;1H/t9-;/m1./s1. The van der Waals surface area contributed by atoms with Crippen molar-refractivity contribution >= 4 is 12.4 Å². The van der Waals surface area contributed by atoms with Gasteiger partial charge < -0.3 is 5.73 Å². The first-order chi connectivity index (χ1) is 6.38. The first kappa shape index (κ1) is 14.3. The molecule has 0 unspecified atom stereocenters. The highest BCUT2D eigenvalue weighted by Crippen LogP contribution is 2.27. The summed E-state index contributed by atoms with van der Waals surface area (Å²) in [6, 6.07) is 5.86. The third-order valence-corrected chi connectivity index (χ3v) is 1.92. The van der Waals surface area contributed by atoms with E-state index in [1.807, 2.05) is 13.0 Å². The van der Waals surface area contributed by atoms with Crippen LogP contribution in [0.25, 0.3) is 0 Å². The van der Waals surface area contributed by atoms with Crippen molar-refractivity contribution < 1.29 is 13.2 Å². The summed E-state index contributed by atoms with van der Waals surface area (Å²) in [5.74, 6) is 0. The molecule has 0 spiro atoms. The van der Waals surface area contributed by atoms with E-state index in [2.05, 4.69) is 0 Å². The highest BCUT2D eigenvalue weighted by Gasteiger charge is 2.30. The molecule has 2 N–H and O–H groups in total. The average molecular weight is 240 g/mol. The molecule has 0 heterocycles. The molecule has 5 heteroatoms. The molecule has 1 nitrogen and oxygen atoms in total. The first-order valence-electron chi connectivity index (χ1n) is 4.27. The number of benzene rings is 1. The van der Waals surface area contributed by atoms with E-state index in [0.717, 1.165) is 5.56 Å². The van der Waals surface area contributed by atoms with Crippen molar-refractivity contribution in [2.24, 2.45) is 5.73 Å². The van der Waals surface area contributed by atoms with Crippen LogP contribution in [0.15, 0.2) is 24.3 Å². The number of halogens is 4. The summed E-state index contributed by atoms with van der Waals surface area (Å²) < 4.78 is 36.0. The normalized spacial score (nSPS) is 13.1. The van der Waals surface area contributed by atoms with E-state index in [9.17, 15) is 13.2 Å². The molecule has 0 bridgehead atoms. The Morgan fingerprint density at radius 1 is 1.33 bits per heavy atom. The average Bonchev–Trinajstić information content (AvgIpc) is 2.01. The number of rotatable bonds is 2. The lowest BCUT2D eigenvalue weighted by atomic mass is 10.0. The molecule has 0 aliphatic carbocycles. The number of nitrogens with two attached hydrogens (primary N) is 1. The Balaban J connectivity index is 0.00000196. The Hall–Kier alpha value is -0.740. The minimum atomic E-state index is -4.21. The fourth-order valence-electron chi connectivity index (χ4n) is 1.27. The van der Waals surface area contributed by atoms with E-state index in [0.29, 0.717) is 5.56 Å². The second kappa shape index (κ2) is 5.37. The SMILES string of the molecule is Cc1cccc([C@H](N)CC(F)(F)F)c1.Cl. The Kier molecular flexibility index (Phi) is 5.11. The van der Waals surface area contributed by atoms with Crippen LogP contribution in [0, 0.1) is 6.92 Å². The maximum absolute atomic E-state index is 12.0. The fraction of sp³-hybridized carbons (Fsp3) is 0.400. The molecule has 0 saturated heterocycles. The molecule has 1 atom stereocenters. The van der Waals surface area contributed by atoms with E-state index >= 15 is 0 Å². The van der Waals surface area contributed by atoms with Crippen LogP contribution >= 0.6 is 12.4 Å². The Morgan fingerprint density at radius 3 is 2.40 bits per heavy atom. The summed E-state index contributed by atoms with van der Waals surface area (Å²) in [6.45, 7) is 1.82. The molecule has 0 aliphatic rings. The van der Waals surface area contributed by atoms with Crippen LogP contribution in [0.2, 0.25) is 0 Å². The lowest BCUT2D eigenvalue weighted by molar-refractivity contribution is -0.138. The van der Waals surface area contributed by atoms with Crippen molar-refractivity contribution in [3.05, 3.63) is 35.4 Å².